The third-order valence-electron chi connectivity index (χ3n) is 4.29. The largest absolute Gasteiger partial charge is 0.481 e. The highest BCUT2D eigenvalue weighted by molar-refractivity contribution is 5.98. The average molecular weight is 336 g/mol. The molecule has 0 fully saturated rings. The van der Waals surface area contributed by atoms with Crippen molar-refractivity contribution in [1.29, 1.82) is 0 Å². The van der Waals surface area contributed by atoms with Gasteiger partial charge in [0.05, 0.1) is 5.39 Å². The van der Waals surface area contributed by atoms with Crippen molar-refractivity contribution >= 4 is 22.6 Å². The summed E-state index contributed by atoms with van der Waals surface area (Å²) in [7, 11) is 0. The lowest BCUT2D eigenvalue weighted by Gasteiger charge is -2.10. The summed E-state index contributed by atoms with van der Waals surface area (Å²) in [6.07, 6.45) is 1.49. The van der Waals surface area contributed by atoms with E-state index in [4.69, 9.17) is 15.9 Å². The van der Waals surface area contributed by atoms with Gasteiger partial charge in [-0.05, 0) is 25.8 Å². The number of carboxylic acid groups (broad SMARTS) is 1. The Morgan fingerprint density at radius 1 is 1.08 bits per heavy atom. The lowest BCUT2D eigenvalue weighted by molar-refractivity contribution is -0.738. The molecule has 5 nitrogen and oxygen atoms in total. The second kappa shape index (κ2) is 7.30. The van der Waals surface area contributed by atoms with Crippen LogP contribution in [0.5, 0.6) is 0 Å². The van der Waals surface area contributed by atoms with Crippen LogP contribution in [0.4, 0.5) is 5.82 Å². The molecule has 0 aliphatic heterocycles. The SMILES string of the molecule is Cc1ccc(-c2n[n+](CCCCC(=O)O)c(N)c3ccccc23)cc1. The molecule has 0 spiro atoms. The Bertz CT molecular complexity index is 905. The van der Waals surface area contributed by atoms with E-state index < -0.39 is 5.97 Å². The topological polar surface area (TPSA) is 80.1 Å². The van der Waals surface area contributed by atoms with Crippen molar-refractivity contribution in [3.63, 3.8) is 0 Å². The molecule has 1 aromatic heterocycles. The normalized spacial score (nSPS) is 10.9. The van der Waals surface area contributed by atoms with E-state index in [0.29, 0.717) is 18.8 Å². The predicted molar refractivity (Wildman–Crippen MR) is 98.0 cm³/mol. The summed E-state index contributed by atoms with van der Waals surface area (Å²) in [5.41, 5.74) is 9.45. The number of hydrogen-bond acceptors (Lipinski definition) is 3. The molecule has 3 N–H and O–H groups in total. The molecule has 0 radical (unpaired) electrons. The highest BCUT2D eigenvalue weighted by Crippen LogP contribution is 2.28. The first-order valence-electron chi connectivity index (χ1n) is 8.43. The lowest BCUT2D eigenvalue weighted by Crippen LogP contribution is -2.41. The number of nitrogen functional groups attached to an aromatic ring is 1. The number of anilines is 1. The first kappa shape index (κ1) is 16.9. The molecule has 0 saturated heterocycles. The Balaban J connectivity index is 2.01. The summed E-state index contributed by atoms with van der Waals surface area (Å²) < 4.78 is 1.79. The number of unbranched alkanes of at least 4 members (excludes halogenated alkanes) is 1. The maximum atomic E-state index is 10.7. The molecule has 2 aromatic carbocycles. The number of nitrogens with two attached hydrogens (primary N) is 1. The van der Waals surface area contributed by atoms with Crippen molar-refractivity contribution in [3.05, 3.63) is 54.1 Å². The zero-order valence-corrected chi connectivity index (χ0v) is 14.3. The van der Waals surface area contributed by atoms with Gasteiger partial charge in [0.1, 0.15) is 12.2 Å². The Morgan fingerprint density at radius 2 is 1.76 bits per heavy atom. The standard InChI is InChI=1S/C20H21N3O2/c1-14-9-11-15(12-10-14)19-16-6-2-3-7-17(16)20(21)23(22-19)13-5-4-8-18(24)25/h2-3,6-7,9-12,21H,4-5,8,13H2,1H3,(H,24,25)/p+1. The van der Waals surface area contributed by atoms with E-state index in [1.165, 1.54) is 5.56 Å². The number of fused-ring (bicyclic) bond motifs is 1. The third-order valence-corrected chi connectivity index (χ3v) is 4.29. The zero-order valence-electron chi connectivity index (χ0n) is 14.3. The molecule has 3 aromatic rings. The van der Waals surface area contributed by atoms with Gasteiger partial charge in [0.15, 0.2) is 0 Å². The molecular formula is C20H22N3O2+. The number of carbonyl (C=O) groups is 1. The molecule has 5 heteroatoms. The quantitative estimate of drug-likeness (QED) is 0.534. The van der Waals surface area contributed by atoms with E-state index in [1.807, 2.05) is 24.3 Å². The van der Waals surface area contributed by atoms with Crippen LogP contribution in [0.3, 0.4) is 0 Å². The van der Waals surface area contributed by atoms with Crippen molar-refractivity contribution in [3.8, 4) is 11.3 Å². The highest BCUT2D eigenvalue weighted by Gasteiger charge is 2.17. The molecule has 3 rings (SSSR count). The molecule has 0 unspecified atom stereocenters. The molecule has 25 heavy (non-hydrogen) atoms. The zero-order chi connectivity index (χ0) is 17.8. The lowest BCUT2D eigenvalue weighted by atomic mass is 10.0. The fourth-order valence-electron chi connectivity index (χ4n) is 2.91. The van der Waals surface area contributed by atoms with E-state index in [1.54, 1.807) is 4.68 Å². The smallest absolute Gasteiger partial charge is 0.303 e. The number of rotatable bonds is 6. The van der Waals surface area contributed by atoms with Crippen LogP contribution in [0.2, 0.25) is 0 Å². The molecule has 0 bridgehead atoms. The van der Waals surface area contributed by atoms with Crippen molar-refractivity contribution < 1.29 is 14.6 Å². The van der Waals surface area contributed by atoms with Crippen LogP contribution in [0.1, 0.15) is 24.8 Å². The van der Waals surface area contributed by atoms with Crippen LogP contribution in [0, 0.1) is 6.92 Å². The van der Waals surface area contributed by atoms with Gasteiger partial charge in [0.2, 0.25) is 0 Å². The molecular weight excluding hydrogens is 314 g/mol. The van der Waals surface area contributed by atoms with E-state index in [-0.39, 0.29) is 6.42 Å². The summed E-state index contributed by atoms with van der Waals surface area (Å²) in [4.78, 5) is 10.7. The highest BCUT2D eigenvalue weighted by atomic mass is 16.4. The van der Waals surface area contributed by atoms with Gasteiger partial charge in [-0.1, -0.05) is 53.1 Å². The average Bonchev–Trinajstić information content (AvgIpc) is 2.61. The van der Waals surface area contributed by atoms with Crippen LogP contribution in [-0.4, -0.2) is 16.2 Å². The Kier molecular flexibility index (Phi) is 4.93. The summed E-state index contributed by atoms with van der Waals surface area (Å²) >= 11 is 0. The monoisotopic (exact) mass is 336 g/mol. The summed E-state index contributed by atoms with van der Waals surface area (Å²) in [5, 5.41) is 15.5. The minimum Gasteiger partial charge on any atom is -0.481 e. The Labute approximate surface area is 146 Å². The molecule has 0 atom stereocenters. The van der Waals surface area contributed by atoms with Crippen LogP contribution in [0.15, 0.2) is 48.5 Å². The Morgan fingerprint density at radius 3 is 2.44 bits per heavy atom. The molecule has 0 aliphatic carbocycles. The van der Waals surface area contributed by atoms with Crippen molar-refractivity contribution in [2.24, 2.45) is 0 Å². The van der Waals surface area contributed by atoms with E-state index in [0.717, 1.165) is 28.5 Å². The third kappa shape index (κ3) is 3.76. The fourth-order valence-corrected chi connectivity index (χ4v) is 2.91. The van der Waals surface area contributed by atoms with Crippen LogP contribution in [0.25, 0.3) is 22.0 Å². The molecule has 0 saturated carbocycles. The number of aryl methyl sites for hydroxylation is 2. The van der Waals surface area contributed by atoms with Gasteiger partial charge < -0.3 is 5.11 Å². The Hall–Kier alpha value is -2.95. The molecule has 0 amide bonds. The summed E-state index contributed by atoms with van der Waals surface area (Å²) in [5.74, 6) is -0.161. The summed E-state index contributed by atoms with van der Waals surface area (Å²) in [6.45, 7) is 2.66. The molecule has 1 heterocycles. The van der Waals surface area contributed by atoms with Crippen molar-refractivity contribution in [2.45, 2.75) is 32.7 Å². The van der Waals surface area contributed by atoms with E-state index in [9.17, 15) is 4.79 Å². The second-order valence-corrected chi connectivity index (χ2v) is 6.22. The van der Waals surface area contributed by atoms with Gasteiger partial charge in [-0.3, -0.25) is 10.5 Å². The second-order valence-electron chi connectivity index (χ2n) is 6.22. The van der Waals surface area contributed by atoms with Gasteiger partial charge in [0.25, 0.3) is 0 Å². The minimum absolute atomic E-state index is 0.166. The number of carboxylic acids is 1. The summed E-state index contributed by atoms with van der Waals surface area (Å²) in [6, 6.07) is 16.2. The van der Waals surface area contributed by atoms with Gasteiger partial charge in [-0.2, -0.15) is 0 Å². The number of aliphatic carboxylic acids is 1. The number of hydrogen-bond donors (Lipinski definition) is 2. The number of benzene rings is 2. The van der Waals surface area contributed by atoms with Gasteiger partial charge in [-0.15, -0.1) is 4.68 Å². The number of nitrogens with zero attached hydrogens (tertiary/aromatic N) is 2. The van der Waals surface area contributed by atoms with Gasteiger partial charge in [0, 0.05) is 17.4 Å². The van der Waals surface area contributed by atoms with E-state index in [2.05, 4.69) is 31.2 Å². The van der Waals surface area contributed by atoms with Crippen molar-refractivity contribution in [2.75, 3.05) is 5.73 Å². The van der Waals surface area contributed by atoms with Gasteiger partial charge >= 0.3 is 11.8 Å². The minimum atomic E-state index is -0.773. The van der Waals surface area contributed by atoms with Gasteiger partial charge in [-0.25, -0.2) is 0 Å². The maximum Gasteiger partial charge on any atom is 0.303 e. The number of aromatic nitrogens is 2. The van der Waals surface area contributed by atoms with Crippen molar-refractivity contribution in [1.82, 2.24) is 5.10 Å². The van der Waals surface area contributed by atoms with E-state index >= 15 is 0 Å². The van der Waals surface area contributed by atoms with Crippen LogP contribution >= 0.6 is 0 Å². The predicted octanol–water partition coefficient (Wildman–Crippen LogP) is 3.33. The molecule has 0 aliphatic rings. The maximum absolute atomic E-state index is 10.7. The first-order valence-corrected chi connectivity index (χ1v) is 8.43. The fraction of sp³-hybridized carbons (Fsp3) is 0.250. The van der Waals surface area contributed by atoms with Crippen LogP contribution < -0.4 is 10.4 Å². The van der Waals surface area contributed by atoms with Crippen LogP contribution in [-0.2, 0) is 11.3 Å². The molecule has 128 valence electrons. The first-order chi connectivity index (χ1) is 12.1.